The zero-order valence-electron chi connectivity index (χ0n) is 10.9. The van der Waals surface area contributed by atoms with Crippen molar-refractivity contribution in [2.45, 2.75) is 6.54 Å². The van der Waals surface area contributed by atoms with E-state index in [0.717, 1.165) is 0 Å². The van der Waals surface area contributed by atoms with Gasteiger partial charge in [-0.2, -0.15) is 0 Å². The summed E-state index contributed by atoms with van der Waals surface area (Å²) < 4.78 is 6.40. The van der Waals surface area contributed by atoms with Crippen molar-refractivity contribution in [3.63, 3.8) is 0 Å². The number of aliphatic carboxylic acids is 1. The molecule has 20 heavy (non-hydrogen) atoms. The first-order chi connectivity index (χ1) is 9.60. The number of nitrogens with zero attached hydrogens (tertiary/aromatic N) is 1. The third kappa shape index (κ3) is 3.17. The smallest absolute Gasteiger partial charge is 0.323 e. The molecule has 2 rings (SSSR count). The van der Waals surface area contributed by atoms with Gasteiger partial charge in [0.2, 0.25) is 0 Å². The quantitative estimate of drug-likeness (QED) is 0.871. The number of carbonyl (C=O) groups is 2. The molecule has 0 bridgehead atoms. The summed E-state index contributed by atoms with van der Waals surface area (Å²) in [5, 5.41) is 11.5. The largest absolute Gasteiger partial charge is 0.497 e. The number of carboxylic acids is 1. The summed E-state index contributed by atoms with van der Waals surface area (Å²) >= 11 is 0. The van der Waals surface area contributed by atoms with Gasteiger partial charge in [0.1, 0.15) is 18.0 Å². The number of methoxy groups -OCH3 is 1. The Bertz CT molecular complexity index is 616. The lowest BCUT2D eigenvalue weighted by Crippen LogP contribution is -2.19. The summed E-state index contributed by atoms with van der Waals surface area (Å²) in [5.74, 6) is -0.668. The van der Waals surface area contributed by atoms with Gasteiger partial charge in [-0.3, -0.25) is 9.59 Å². The van der Waals surface area contributed by atoms with Crippen LogP contribution in [0.5, 0.6) is 5.75 Å². The fourth-order valence-electron chi connectivity index (χ4n) is 1.77. The van der Waals surface area contributed by atoms with Gasteiger partial charge in [-0.1, -0.05) is 0 Å². The second kappa shape index (κ2) is 5.92. The van der Waals surface area contributed by atoms with Crippen molar-refractivity contribution in [2.24, 2.45) is 0 Å². The van der Waals surface area contributed by atoms with Gasteiger partial charge >= 0.3 is 5.97 Å². The van der Waals surface area contributed by atoms with Gasteiger partial charge < -0.3 is 19.7 Å². The molecule has 1 amide bonds. The second-order valence-electron chi connectivity index (χ2n) is 4.10. The van der Waals surface area contributed by atoms with Crippen LogP contribution in [0.15, 0.2) is 42.6 Å². The number of carbonyl (C=O) groups excluding carboxylic acids is 1. The normalized spacial score (nSPS) is 10.1. The molecule has 0 spiro atoms. The van der Waals surface area contributed by atoms with Crippen LogP contribution >= 0.6 is 0 Å². The van der Waals surface area contributed by atoms with Gasteiger partial charge in [0, 0.05) is 11.9 Å². The van der Waals surface area contributed by atoms with Crippen molar-refractivity contribution in [2.75, 3.05) is 12.4 Å². The van der Waals surface area contributed by atoms with E-state index in [4.69, 9.17) is 9.84 Å². The van der Waals surface area contributed by atoms with Crippen LogP contribution in [0.25, 0.3) is 0 Å². The molecule has 6 heteroatoms. The van der Waals surface area contributed by atoms with E-state index in [1.54, 1.807) is 49.7 Å². The van der Waals surface area contributed by atoms with Crippen LogP contribution in [0.2, 0.25) is 0 Å². The third-order valence-electron chi connectivity index (χ3n) is 2.72. The first-order valence-corrected chi connectivity index (χ1v) is 5.92. The molecule has 0 saturated heterocycles. The molecule has 0 atom stereocenters. The van der Waals surface area contributed by atoms with E-state index >= 15 is 0 Å². The number of rotatable bonds is 5. The molecule has 0 aliphatic carbocycles. The summed E-state index contributed by atoms with van der Waals surface area (Å²) in [6, 6.07) is 10.1. The molecule has 1 heterocycles. The van der Waals surface area contributed by atoms with Crippen molar-refractivity contribution in [3.8, 4) is 5.75 Å². The lowest BCUT2D eigenvalue weighted by molar-refractivity contribution is -0.137. The van der Waals surface area contributed by atoms with Gasteiger partial charge in [0.15, 0.2) is 0 Å². The van der Waals surface area contributed by atoms with Gasteiger partial charge in [-0.15, -0.1) is 0 Å². The lowest BCUT2D eigenvalue weighted by Gasteiger charge is -2.08. The van der Waals surface area contributed by atoms with Crippen LogP contribution in [0.3, 0.4) is 0 Å². The molecule has 0 fully saturated rings. The van der Waals surface area contributed by atoms with Gasteiger partial charge in [0.05, 0.1) is 7.11 Å². The van der Waals surface area contributed by atoms with Crippen molar-refractivity contribution >= 4 is 17.6 Å². The fraction of sp³-hybridized carbons (Fsp3) is 0.143. The predicted octanol–water partition coefficient (Wildman–Crippen LogP) is 1.83. The average molecular weight is 274 g/mol. The Labute approximate surface area is 115 Å². The highest BCUT2D eigenvalue weighted by Crippen LogP contribution is 2.16. The molecule has 0 radical (unpaired) electrons. The molecular formula is C14H14N2O4. The molecule has 6 nitrogen and oxygen atoms in total. The molecule has 0 aliphatic rings. The van der Waals surface area contributed by atoms with Crippen LogP contribution < -0.4 is 10.1 Å². The van der Waals surface area contributed by atoms with E-state index in [-0.39, 0.29) is 12.5 Å². The van der Waals surface area contributed by atoms with Crippen LogP contribution in [-0.2, 0) is 11.3 Å². The molecule has 0 unspecified atom stereocenters. The topological polar surface area (TPSA) is 80.6 Å². The van der Waals surface area contributed by atoms with E-state index in [1.165, 1.54) is 4.57 Å². The maximum Gasteiger partial charge on any atom is 0.323 e. The molecule has 1 aromatic carbocycles. The number of ether oxygens (including phenoxy) is 1. The van der Waals surface area contributed by atoms with Crippen LogP contribution in [-0.4, -0.2) is 28.7 Å². The number of anilines is 1. The van der Waals surface area contributed by atoms with Crippen LogP contribution in [0.4, 0.5) is 5.69 Å². The summed E-state index contributed by atoms with van der Waals surface area (Å²) in [7, 11) is 1.56. The molecular weight excluding hydrogens is 260 g/mol. The SMILES string of the molecule is COc1ccc(NC(=O)c2cccn2CC(=O)O)cc1. The molecule has 104 valence electrons. The zero-order chi connectivity index (χ0) is 14.5. The highest BCUT2D eigenvalue weighted by molar-refractivity contribution is 6.03. The van der Waals surface area contributed by atoms with E-state index < -0.39 is 5.97 Å². The number of aromatic nitrogens is 1. The molecule has 2 N–H and O–H groups in total. The third-order valence-corrected chi connectivity index (χ3v) is 2.72. The van der Waals surface area contributed by atoms with Crippen molar-refractivity contribution < 1.29 is 19.4 Å². The molecule has 0 aliphatic heterocycles. The number of benzene rings is 1. The van der Waals surface area contributed by atoms with Gasteiger partial charge in [-0.05, 0) is 36.4 Å². The van der Waals surface area contributed by atoms with E-state index in [9.17, 15) is 9.59 Å². The highest BCUT2D eigenvalue weighted by atomic mass is 16.5. The number of nitrogens with one attached hydrogen (secondary N) is 1. The van der Waals surface area contributed by atoms with Gasteiger partial charge in [0.25, 0.3) is 5.91 Å². The molecule has 0 saturated carbocycles. The van der Waals surface area contributed by atoms with Crippen LogP contribution in [0.1, 0.15) is 10.5 Å². The summed E-state index contributed by atoms with van der Waals surface area (Å²) in [6.07, 6.45) is 1.55. The van der Waals surface area contributed by atoms with Crippen molar-refractivity contribution in [1.82, 2.24) is 4.57 Å². The second-order valence-corrected chi connectivity index (χ2v) is 4.10. The minimum atomic E-state index is -1.00. The first-order valence-electron chi connectivity index (χ1n) is 5.92. The summed E-state index contributed by atoms with van der Waals surface area (Å²) in [4.78, 5) is 22.8. The van der Waals surface area contributed by atoms with Crippen LogP contribution in [0, 0.1) is 0 Å². The number of hydrogen-bond acceptors (Lipinski definition) is 3. The average Bonchev–Trinajstić information content (AvgIpc) is 2.87. The standard InChI is InChI=1S/C14H14N2O4/c1-20-11-6-4-10(5-7-11)15-14(19)12-3-2-8-16(12)9-13(17)18/h2-8H,9H2,1H3,(H,15,19)(H,17,18). The Balaban J connectivity index is 2.11. The number of carboxylic acid groups (broad SMARTS) is 1. The number of hydrogen-bond donors (Lipinski definition) is 2. The predicted molar refractivity (Wildman–Crippen MR) is 73.0 cm³/mol. The zero-order valence-corrected chi connectivity index (χ0v) is 10.9. The Morgan fingerprint density at radius 3 is 2.55 bits per heavy atom. The summed E-state index contributed by atoms with van der Waals surface area (Å²) in [5.41, 5.74) is 0.905. The minimum Gasteiger partial charge on any atom is -0.497 e. The maximum atomic E-state index is 12.1. The minimum absolute atomic E-state index is 0.252. The van der Waals surface area contributed by atoms with E-state index in [1.807, 2.05) is 0 Å². The maximum absolute atomic E-state index is 12.1. The lowest BCUT2D eigenvalue weighted by atomic mass is 10.3. The Morgan fingerprint density at radius 2 is 1.95 bits per heavy atom. The Kier molecular flexibility index (Phi) is 4.05. The summed E-state index contributed by atoms with van der Waals surface area (Å²) in [6.45, 7) is -0.252. The van der Waals surface area contributed by atoms with E-state index in [0.29, 0.717) is 17.1 Å². The first kappa shape index (κ1) is 13.7. The Hall–Kier alpha value is -2.76. The monoisotopic (exact) mass is 274 g/mol. The number of amides is 1. The van der Waals surface area contributed by atoms with Crippen molar-refractivity contribution in [3.05, 3.63) is 48.3 Å². The highest BCUT2D eigenvalue weighted by Gasteiger charge is 2.12. The van der Waals surface area contributed by atoms with E-state index in [2.05, 4.69) is 5.32 Å². The van der Waals surface area contributed by atoms with Gasteiger partial charge in [-0.25, -0.2) is 0 Å². The Morgan fingerprint density at radius 1 is 1.25 bits per heavy atom. The molecule has 2 aromatic rings. The molecule has 1 aromatic heterocycles. The fourth-order valence-corrected chi connectivity index (χ4v) is 1.77. The van der Waals surface area contributed by atoms with Crippen molar-refractivity contribution in [1.29, 1.82) is 0 Å².